The Hall–Kier alpha value is -2.82. The van der Waals surface area contributed by atoms with Crippen LogP contribution < -0.4 is 10.1 Å². The molecule has 2 aromatic carbocycles. The first-order chi connectivity index (χ1) is 15.0. The van der Waals surface area contributed by atoms with Crippen molar-refractivity contribution in [1.29, 1.82) is 0 Å². The number of carbonyl (C=O) groups is 1. The maximum Gasteiger partial charge on any atom is 0.223 e. The zero-order valence-corrected chi connectivity index (χ0v) is 19.4. The number of benzene rings is 2. The van der Waals surface area contributed by atoms with E-state index in [1.165, 1.54) is 11.1 Å². The number of fused-ring (bicyclic) bond motifs is 1. The molecule has 0 saturated heterocycles. The summed E-state index contributed by atoms with van der Waals surface area (Å²) in [5, 5.41) is 3.18. The van der Waals surface area contributed by atoms with E-state index in [1.807, 2.05) is 37.3 Å². The van der Waals surface area contributed by atoms with Gasteiger partial charge in [0.2, 0.25) is 5.91 Å². The van der Waals surface area contributed by atoms with Gasteiger partial charge >= 0.3 is 0 Å². The van der Waals surface area contributed by atoms with Crippen molar-refractivity contribution in [2.45, 2.75) is 66.5 Å². The molecular formula is C26H35N3O2. The summed E-state index contributed by atoms with van der Waals surface area (Å²) < 4.78 is 8.27. The van der Waals surface area contributed by atoms with Crippen LogP contribution in [0.25, 0.3) is 11.0 Å². The van der Waals surface area contributed by atoms with Gasteiger partial charge in [-0.1, -0.05) is 38.1 Å². The lowest BCUT2D eigenvalue weighted by Gasteiger charge is -2.19. The summed E-state index contributed by atoms with van der Waals surface area (Å²) in [5.41, 5.74) is 4.47. The van der Waals surface area contributed by atoms with Gasteiger partial charge in [-0.15, -0.1) is 0 Å². The fraction of sp³-hybridized carbons (Fsp3) is 0.462. The Morgan fingerprint density at radius 1 is 1.10 bits per heavy atom. The molecule has 5 heteroatoms. The van der Waals surface area contributed by atoms with Gasteiger partial charge in [-0.2, -0.15) is 0 Å². The lowest BCUT2D eigenvalue weighted by molar-refractivity contribution is -0.125. The summed E-state index contributed by atoms with van der Waals surface area (Å²) in [4.78, 5) is 17.5. The highest BCUT2D eigenvalue weighted by atomic mass is 16.5. The quantitative estimate of drug-likeness (QED) is 0.425. The maximum atomic E-state index is 12.6. The molecule has 0 aliphatic carbocycles. The molecule has 5 nitrogen and oxygen atoms in total. The molecule has 0 aliphatic heterocycles. The van der Waals surface area contributed by atoms with Gasteiger partial charge in [0.15, 0.2) is 0 Å². The van der Waals surface area contributed by atoms with Crippen molar-refractivity contribution in [3.8, 4) is 5.75 Å². The van der Waals surface area contributed by atoms with Gasteiger partial charge in [0.1, 0.15) is 11.6 Å². The van der Waals surface area contributed by atoms with Crippen molar-refractivity contribution in [2.24, 2.45) is 5.92 Å². The maximum absolute atomic E-state index is 12.6. The average molecular weight is 422 g/mol. The molecule has 0 saturated carbocycles. The third-order valence-corrected chi connectivity index (χ3v) is 6.13. The van der Waals surface area contributed by atoms with Crippen molar-refractivity contribution in [3.63, 3.8) is 0 Å². The third kappa shape index (κ3) is 5.27. The third-order valence-electron chi connectivity index (χ3n) is 6.13. The molecule has 3 rings (SSSR count). The molecule has 166 valence electrons. The van der Waals surface area contributed by atoms with Gasteiger partial charge in [-0.05, 0) is 69.4 Å². The van der Waals surface area contributed by atoms with Gasteiger partial charge in [0, 0.05) is 12.5 Å². The predicted molar refractivity (Wildman–Crippen MR) is 126 cm³/mol. The summed E-state index contributed by atoms with van der Waals surface area (Å²) >= 11 is 0. The summed E-state index contributed by atoms with van der Waals surface area (Å²) in [6.45, 7) is 11.7. The van der Waals surface area contributed by atoms with Crippen molar-refractivity contribution in [2.75, 3.05) is 6.61 Å². The Kier molecular flexibility index (Phi) is 7.72. The van der Waals surface area contributed by atoms with E-state index in [9.17, 15) is 4.79 Å². The molecule has 1 atom stereocenters. The van der Waals surface area contributed by atoms with Crippen LogP contribution in [0.2, 0.25) is 0 Å². The minimum Gasteiger partial charge on any atom is -0.493 e. The Balaban J connectivity index is 1.73. The normalized spacial score (nSPS) is 12.3. The average Bonchev–Trinajstić information content (AvgIpc) is 3.13. The van der Waals surface area contributed by atoms with Gasteiger partial charge in [0.05, 0.1) is 23.7 Å². The molecule has 31 heavy (non-hydrogen) atoms. The van der Waals surface area contributed by atoms with E-state index in [1.54, 1.807) is 0 Å². The zero-order chi connectivity index (χ0) is 22.4. The Labute approximate surface area is 185 Å². The largest absolute Gasteiger partial charge is 0.493 e. The molecule has 0 bridgehead atoms. The van der Waals surface area contributed by atoms with Gasteiger partial charge in [-0.3, -0.25) is 4.79 Å². The van der Waals surface area contributed by atoms with Crippen LogP contribution in [0.3, 0.4) is 0 Å². The number of carbonyl (C=O) groups excluding carboxylic acids is 1. The van der Waals surface area contributed by atoms with Gasteiger partial charge in [0.25, 0.3) is 0 Å². The fourth-order valence-corrected chi connectivity index (χ4v) is 4.00. The second-order valence-corrected chi connectivity index (χ2v) is 8.25. The number of rotatable bonds is 10. The SMILES string of the molecule is CCC(CC)C(=O)NC(C)c1nc2ccccc2n1CCCOc1cccc(C)c1C. The van der Waals surface area contributed by atoms with Crippen molar-refractivity contribution >= 4 is 16.9 Å². The summed E-state index contributed by atoms with van der Waals surface area (Å²) in [7, 11) is 0. The number of amides is 1. The van der Waals surface area contributed by atoms with Crippen LogP contribution in [0.4, 0.5) is 0 Å². The van der Waals surface area contributed by atoms with E-state index in [0.29, 0.717) is 6.61 Å². The second-order valence-electron chi connectivity index (χ2n) is 8.25. The van der Waals surface area contributed by atoms with E-state index < -0.39 is 0 Å². The Morgan fingerprint density at radius 2 is 1.84 bits per heavy atom. The monoisotopic (exact) mass is 421 g/mol. The number of ether oxygens (including phenoxy) is 1. The minimum absolute atomic E-state index is 0.0475. The first-order valence-electron chi connectivity index (χ1n) is 11.4. The molecule has 3 aromatic rings. The van der Waals surface area contributed by atoms with E-state index >= 15 is 0 Å². The molecular weight excluding hydrogens is 386 g/mol. The summed E-state index contributed by atoms with van der Waals surface area (Å²) in [5.74, 6) is 1.99. The van der Waals surface area contributed by atoms with E-state index in [0.717, 1.165) is 48.4 Å². The number of hydrogen-bond donors (Lipinski definition) is 1. The number of imidazole rings is 1. The number of nitrogens with one attached hydrogen (secondary N) is 1. The van der Waals surface area contributed by atoms with Crippen LogP contribution in [0.5, 0.6) is 5.75 Å². The second kappa shape index (κ2) is 10.5. The summed E-state index contributed by atoms with van der Waals surface area (Å²) in [6.07, 6.45) is 2.55. The van der Waals surface area contributed by atoms with Crippen LogP contribution in [-0.2, 0) is 11.3 Å². The van der Waals surface area contributed by atoms with Crippen molar-refractivity contribution in [1.82, 2.24) is 14.9 Å². The number of hydrogen-bond acceptors (Lipinski definition) is 3. The standard InChI is InChI=1S/C26H35N3O2/c1-6-21(7-2)26(30)27-20(5)25-28-22-13-8-9-14-23(22)29(25)16-11-17-31-24-15-10-12-18(3)19(24)4/h8-10,12-15,20-21H,6-7,11,16-17H2,1-5H3,(H,27,30). The molecule has 0 radical (unpaired) electrons. The van der Waals surface area contributed by atoms with Gasteiger partial charge < -0.3 is 14.6 Å². The molecule has 1 unspecified atom stereocenters. The van der Waals surface area contributed by atoms with Crippen LogP contribution in [0.15, 0.2) is 42.5 Å². The van der Waals surface area contributed by atoms with E-state index in [-0.39, 0.29) is 17.9 Å². The van der Waals surface area contributed by atoms with Crippen molar-refractivity contribution in [3.05, 3.63) is 59.4 Å². The smallest absolute Gasteiger partial charge is 0.223 e. The number of aromatic nitrogens is 2. The highest BCUT2D eigenvalue weighted by molar-refractivity contribution is 5.79. The fourth-order valence-electron chi connectivity index (χ4n) is 4.00. The van der Waals surface area contributed by atoms with E-state index in [4.69, 9.17) is 9.72 Å². The lowest BCUT2D eigenvalue weighted by Crippen LogP contribution is -2.33. The summed E-state index contributed by atoms with van der Waals surface area (Å²) in [6, 6.07) is 14.2. The predicted octanol–water partition coefficient (Wildman–Crippen LogP) is 5.74. The lowest BCUT2D eigenvalue weighted by atomic mass is 10.0. The number of para-hydroxylation sites is 2. The zero-order valence-electron chi connectivity index (χ0n) is 19.4. The molecule has 0 aliphatic rings. The Bertz CT molecular complexity index is 1020. The molecule has 1 amide bonds. The Morgan fingerprint density at radius 3 is 2.58 bits per heavy atom. The minimum atomic E-state index is -0.152. The topological polar surface area (TPSA) is 56.2 Å². The molecule has 1 heterocycles. The van der Waals surface area contributed by atoms with Crippen LogP contribution in [0.1, 0.15) is 63.0 Å². The van der Waals surface area contributed by atoms with Gasteiger partial charge in [-0.25, -0.2) is 4.98 Å². The number of aryl methyl sites for hydroxylation is 2. The first-order valence-corrected chi connectivity index (χ1v) is 11.4. The molecule has 1 aromatic heterocycles. The van der Waals surface area contributed by atoms with Crippen LogP contribution in [-0.4, -0.2) is 22.1 Å². The molecule has 0 spiro atoms. The highest BCUT2D eigenvalue weighted by Crippen LogP contribution is 2.23. The molecule has 1 N–H and O–H groups in total. The number of nitrogens with zero attached hydrogens (tertiary/aromatic N) is 2. The van der Waals surface area contributed by atoms with Crippen LogP contribution in [0, 0.1) is 19.8 Å². The van der Waals surface area contributed by atoms with Crippen LogP contribution >= 0.6 is 0 Å². The highest BCUT2D eigenvalue weighted by Gasteiger charge is 2.21. The van der Waals surface area contributed by atoms with Crippen molar-refractivity contribution < 1.29 is 9.53 Å². The first kappa shape index (κ1) is 22.9. The van der Waals surface area contributed by atoms with E-state index in [2.05, 4.69) is 49.7 Å². The molecule has 0 fully saturated rings.